The standard InChI is InChI=1S/C48H103OP2/c1-11-20-29-30-31-32-33-35-47(50(38-21-12-2,39-22-13-3,40-23-14-4)41-24-15-5)46-48(36-34-37-49-10)51(42-25-16-6,43-26-17-7,44-27-18-8)45-28-19-9/h36,47-48H,11-35,37-46H2,1-10H3. The second kappa shape index (κ2) is 31.0. The summed E-state index contributed by atoms with van der Waals surface area (Å²) in [6.07, 6.45) is 53.1. The number of hydrogen-bond acceptors (Lipinski definition) is 1. The molecule has 0 spiro atoms. The van der Waals surface area contributed by atoms with Gasteiger partial charge in [0.25, 0.3) is 0 Å². The molecule has 0 N–H and O–H groups in total. The van der Waals surface area contributed by atoms with Gasteiger partial charge < -0.3 is 0 Å². The third-order valence-corrected chi connectivity index (χ3v) is 31.3. The van der Waals surface area contributed by atoms with E-state index in [1.54, 1.807) is 62.1 Å². The fourth-order valence-electron chi connectivity index (χ4n) is 10.9. The molecule has 51 heavy (non-hydrogen) atoms. The van der Waals surface area contributed by atoms with Crippen LogP contribution in [0.5, 0.6) is 0 Å². The van der Waals surface area contributed by atoms with E-state index in [-0.39, 0.29) is 0 Å². The number of rotatable bonds is 40. The summed E-state index contributed by atoms with van der Waals surface area (Å²) in [6, 6.07) is 0. The Morgan fingerprint density at radius 2 is 0.706 bits per heavy atom. The summed E-state index contributed by atoms with van der Waals surface area (Å²) in [6.45, 7) is 19.2. The predicted molar refractivity (Wildman–Crippen MR) is 248 cm³/mol. The van der Waals surface area contributed by atoms with E-state index < -0.39 is 13.2 Å². The van der Waals surface area contributed by atoms with E-state index in [0.717, 1.165) is 17.9 Å². The number of ether oxygens (including phenoxy) is 1. The fraction of sp³-hybridized carbons (Fsp3) is 0.979. The van der Waals surface area contributed by atoms with Crippen LogP contribution in [0.25, 0.3) is 0 Å². The molecule has 1 nitrogen and oxygen atoms in total. The van der Waals surface area contributed by atoms with Crippen molar-refractivity contribution in [1.82, 2.24) is 0 Å². The third-order valence-electron chi connectivity index (χ3n) is 14.3. The van der Waals surface area contributed by atoms with Crippen molar-refractivity contribution in [1.29, 1.82) is 0 Å². The van der Waals surface area contributed by atoms with Crippen molar-refractivity contribution >= 4 is 13.2 Å². The molecule has 2 unspecified atom stereocenters. The number of methoxy groups -OCH3 is 1. The molecule has 311 valence electrons. The molecule has 0 amide bonds. The van der Waals surface area contributed by atoms with Gasteiger partial charge in [-0.05, 0) is 0 Å². The second-order valence-electron chi connectivity index (χ2n) is 18.1. The van der Waals surface area contributed by atoms with Crippen LogP contribution in [0.2, 0.25) is 0 Å². The van der Waals surface area contributed by atoms with Gasteiger partial charge in [-0.3, -0.25) is 0 Å². The molecule has 0 aromatic heterocycles. The molecule has 0 aromatic rings. The molecule has 2 atom stereocenters. The van der Waals surface area contributed by atoms with Gasteiger partial charge in [0.1, 0.15) is 0 Å². The Morgan fingerprint density at radius 1 is 0.392 bits per heavy atom. The first-order valence-electron chi connectivity index (χ1n) is 24.1. The summed E-state index contributed by atoms with van der Waals surface area (Å²) >= 11 is 0. The van der Waals surface area contributed by atoms with Gasteiger partial charge in [-0.25, -0.2) is 0 Å². The van der Waals surface area contributed by atoms with E-state index in [0.29, 0.717) is 0 Å². The normalized spacial score (nSPS) is 15.3. The topological polar surface area (TPSA) is 9.23 Å². The average molecular weight is 758 g/mol. The van der Waals surface area contributed by atoms with Crippen LogP contribution < -0.4 is 0 Å². The Kier molecular flexibility index (Phi) is 31.5. The van der Waals surface area contributed by atoms with Crippen molar-refractivity contribution in [2.45, 2.75) is 241 Å². The van der Waals surface area contributed by atoms with Crippen LogP contribution in [0.15, 0.2) is 0 Å². The molecule has 0 saturated carbocycles. The van der Waals surface area contributed by atoms with Crippen LogP contribution >= 0.6 is 13.2 Å². The van der Waals surface area contributed by atoms with Gasteiger partial charge in [0.05, 0.1) is 0 Å². The van der Waals surface area contributed by atoms with Gasteiger partial charge in [-0.2, -0.15) is 0 Å². The summed E-state index contributed by atoms with van der Waals surface area (Å²) in [5, 5.41) is 0. The zero-order chi connectivity index (χ0) is 38.2. The van der Waals surface area contributed by atoms with E-state index in [2.05, 4.69) is 68.7 Å². The van der Waals surface area contributed by atoms with E-state index in [9.17, 15) is 0 Å². The van der Waals surface area contributed by atoms with Crippen LogP contribution in [0.1, 0.15) is 229 Å². The summed E-state index contributed by atoms with van der Waals surface area (Å²) in [4.78, 5) is 0. The molecule has 0 rings (SSSR count). The van der Waals surface area contributed by atoms with Crippen LogP contribution in [0.4, 0.5) is 0 Å². The van der Waals surface area contributed by atoms with Gasteiger partial charge in [-0.15, -0.1) is 0 Å². The zero-order valence-corrected chi connectivity index (χ0v) is 39.6. The SMILES string of the molecule is CCCCCCCCCC(CC([CH]CCOC)P(CCCC)(CCCC)(CCCC)CCCC)P(CCCC)(CCCC)(CCCC)CCCC. The van der Waals surface area contributed by atoms with Crippen LogP contribution in [-0.2, 0) is 4.74 Å². The van der Waals surface area contributed by atoms with E-state index in [1.165, 1.54) is 154 Å². The Hall–Kier alpha value is 0.820. The molecule has 1 radical (unpaired) electrons. The summed E-state index contributed by atoms with van der Waals surface area (Å²) in [7, 11) is 1.95. The van der Waals surface area contributed by atoms with Crippen molar-refractivity contribution in [3.63, 3.8) is 0 Å². The molecule has 0 aliphatic heterocycles. The van der Waals surface area contributed by atoms with Crippen LogP contribution in [0, 0.1) is 6.42 Å². The van der Waals surface area contributed by atoms with Gasteiger partial charge in [-0.1, -0.05) is 0 Å². The first-order chi connectivity index (χ1) is 24.8. The number of unbranched alkanes of at least 4 members (excludes halogenated alkanes) is 14. The minimum absolute atomic E-state index is 0.852. The van der Waals surface area contributed by atoms with E-state index in [1.807, 2.05) is 7.11 Å². The Balaban J connectivity index is 7.85. The quantitative estimate of drug-likeness (QED) is 0.0447. The molecule has 3 heteroatoms. The van der Waals surface area contributed by atoms with Crippen molar-refractivity contribution < 1.29 is 4.74 Å². The Labute approximate surface area is 326 Å². The monoisotopic (exact) mass is 758 g/mol. The summed E-state index contributed by atoms with van der Waals surface area (Å²) < 4.78 is 5.88. The summed E-state index contributed by atoms with van der Waals surface area (Å²) in [5.41, 5.74) is 1.84. The minimum atomic E-state index is -2.09. The maximum absolute atomic E-state index is 5.88. The second-order valence-corrected chi connectivity index (χ2v) is 31.4. The van der Waals surface area contributed by atoms with Crippen LogP contribution in [0.3, 0.4) is 0 Å². The predicted octanol–water partition coefficient (Wildman–Crippen LogP) is 17.0. The molecule has 0 fully saturated rings. The zero-order valence-electron chi connectivity index (χ0n) is 37.8. The van der Waals surface area contributed by atoms with Crippen molar-refractivity contribution in [3.05, 3.63) is 6.42 Å². The van der Waals surface area contributed by atoms with Crippen LogP contribution in [-0.4, -0.2) is 74.3 Å². The van der Waals surface area contributed by atoms with Gasteiger partial charge in [0.2, 0.25) is 0 Å². The molecule has 0 heterocycles. The molecule has 0 aliphatic rings. The van der Waals surface area contributed by atoms with E-state index in [4.69, 9.17) is 4.74 Å². The number of hydrogen-bond donors (Lipinski definition) is 0. The molecule has 0 bridgehead atoms. The van der Waals surface area contributed by atoms with Gasteiger partial charge in [0, 0.05) is 0 Å². The van der Waals surface area contributed by atoms with Crippen molar-refractivity contribution in [2.75, 3.05) is 63.0 Å². The van der Waals surface area contributed by atoms with Crippen molar-refractivity contribution in [2.24, 2.45) is 0 Å². The Morgan fingerprint density at radius 3 is 1.04 bits per heavy atom. The molecule has 0 aliphatic carbocycles. The fourth-order valence-corrected chi connectivity index (χ4v) is 29.2. The van der Waals surface area contributed by atoms with E-state index >= 15 is 0 Å². The first-order valence-corrected chi connectivity index (χ1v) is 30.2. The average Bonchev–Trinajstić information content (AvgIpc) is 3.16. The van der Waals surface area contributed by atoms with Gasteiger partial charge >= 0.3 is 328 Å². The molecular formula is C48H103OP2. The Bertz CT molecular complexity index is 677. The first kappa shape index (κ1) is 51.8. The molecule has 0 aromatic carbocycles. The maximum atomic E-state index is 5.88. The van der Waals surface area contributed by atoms with Crippen molar-refractivity contribution in [3.8, 4) is 0 Å². The third kappa shape index (κ3) is 17.7. The molecule has 0 saturated heterocycles. The molecular weight excluding hydrogens is 654 g/mol. The summed E-state index contributed by atoms with van der Waals surface area (Å²) in [5.74, 6) is 0. The van der Waals surface area contributed by atoms with Gasteiger partial charge in [0.15, 0.2) is 0 Å².